The average molecular weight is 418 g/mol. The third kappa shape index (κ3) is 4.46. The van der Waals surface area contributed by atoms with E-state index in [1.165, 1.54) is 0 Å². The third-order valence-corrected chi connectivity index (χ3v) is 5.08. The van der Waals surface area contributed by atoms with Gasteiger partial charge in [-0.25, -0.2) is 0 Å². The lowest BCUT2D eigenvalue weighted by Gasteiger charge is -2.09. The summed E-state index contributed by atoms with van der Waals surface area (Å²) in [4.78, 5) is 13.6. The van der Waals surface area contributed by atoms with Crippen LogP contribution in [0.5, 0.6) is 0 Å². The summed E-state index contributed by atoms with van der Waals surface area (Å²) < 4.78 is 0. The van der Waals surface area contributed by atoms with Crippen LogP contribution in [-0.4, -0.2) is 26.0 Å². The summed E-state index contributed by atoms with van der Waals surface area (Å²) in [6.07, 6.45) is 3.47. The number of carbonyl (C=O) groups is 1. The number of rotatable bonds is 6. The van der Waals surface area contributed by atoms with E-state index in [0.29, 0.717) is 6.42 Å². The summed E-state index contributed by atoms with van der Waals surface area (Å²) in [5.74, 6) is -0.0658. The summed E-state index contributed by atoms with van der Waals surface area (Å²) in [5, 5.41) is 17.6. The Morgan fingerprint density at radius 1 is 1.00 bits per heavy atom. The summed E-state index contributed by atoms with van der Waals surface area (Å²) in [6.45, 7) is 2.11. The quantitative estimate of drug-likeness (QED) is 0.342. The molecule has 0 spiro atoms. The van der Waals surface area contributed by atoms with Crippen molar-refractivity contribution in [2.24, 2.45) is 0 Å². The summed E-state index contributed by atoms with van der Waals surface area (Å²) in [5.41, 5.74) is 3.20. The molecule has 0 aliphatic carbocycles. The predicted molar refractivity (Wildman–Crippen MR) is 125 cm³/mol. The zero-order valence-corrected chi connectivity index (χ0v) is 17.6. The van der Waals surface area contributed by atoms with Crippen LogP contribution in [0, 0.1) is 0 Å². The molecule has 3 aromatic carbocycles. The standard InChI is InChI=1S/C23H23N5OS/c1-2-3-4-12-22(29)25-23(30)24-17-13-14-19-20(15-17)27-28(26-19)21-11-7-9-16-8-5-6-10-18(16)21/h5-11,13-15H,2-4,12H2,1H3,(H2,24,25,29,30). The van der Waals surface area contributed by atoms with Gasteiger partial charge in [0.1, 0.15) is 11.0 Å². The molecule has 1 heterocycles. The Hall–Kier alpha value is -3.32. The van der Waals surface area contributed by atoms with Crippen molar-refractivity contribution in [2.75, 3.05) is 5.32 Å². The van der Waals surface area contributed by atoms with Crippen LogP contribution < -0.4 is 10.6 Å². The first-order chi connectivity index (χ1) is 14.6. The number of anilines is 1. The minimum atomic E-state index is -0.0658. The Kier molecular flexibility index (Phi) is 5.99. The zero-order chi connectivity index (χ0) is 20.9. The zero-order valence-electron chi connectivity index (χ0n) is 16.8. The number of nitrogens with zero attached hydrogens (tertiary/aromatic N) is 3. The molecular weight excluding hydrogens is 394 g/mol. The third-order valence-electron chi connectivity index (χ3n) is 4.88. The van der Waals surface area contributed by atoms with Crippen LogP contribution in [0.2, 0.25) is 0 Å². The SMILES string of the molecule is CCCCCC(=O)NC(=S)Nc1ccc2nn(-c3cccc4ccccc34)nc2c1. The van der Waals surface area contributed by atoms with E-state index in [2.05, 4.69) is 46.0 Å². The first-order valence-electron chi connectivity index (χ1n) is 10.1. The highest BCUT2D eigenvalue weighted by Crippen LogP contribution is 2.23. The predicted octanol–water partition coefficient (Wildman–Crippen LogP) is 4.97. The second-order valence-corrected chi connectivity index (χ2v) is 7.56. The van der Waals surface area contributed by atoms with Gasteiger partial charge in [-0.15, -0.1) is 15.0 Å². The van der Waals surface area contributed by atoms with Gasteiger partial charge >= 0.3 is 0 Å². The van der Waals surface area contributed by atoms with Crippen LogP contribution in [0.25, 0.3) is 27.5 Å². The Bertz CT molecular complexity index is 1210. The van der Waals surface area contributed by atoms with Gasteiger partial charge in [-0.1, -0.05) is 56.2 Å². The molecule has 4 rings (SSSR count). The molecule has 7 heteroatoms. The van der Waals surface area contributed by atoms with Crippen molar-refractivity contribution in [1.82, 2.24) is 20.3 Å². The maximum atomic E-state index is 11.9. The van der Waals surface area contributed by atoms with E-state index in [4.69, 9.17) is 12.2 Å². The smallest absolute Gasteiger partial charge is 0.226 e. The number of benzene rings is 3. The van der Waals surface area contributed by atoms with E-state index >= 15 is 0 Å². The van der Waals surface area contributed by atoms with Gasteiger partial charge in [0.05, 0.1) is 5.69 Å². The second-order valence-electron chi connectivity index (χ2n) is 7.15. The lowest BCUT2D eigenvalue weighted by atomic mass is 10.1. The maximum Gasteiger partial charge on any atom is 0.226 e. The van der Waals surface area contributed by atoms with Crippen LogP contribution in [-0.2, 0) is 4.79 Å². The number of hydrogen-bond acceptors (Lipinski definition) is 4. The Morgan fingerprint density at radius 2 is 1.80 bits per heavy atom. The molecule has 6 nitrogen and oxygen atoms in total. The van der Waals surface area contributed by atoms with Crippen LogP contribution in [0.3, 0.4) is 0 Å². The Labute approximate surface area is 180 Å². The van der Waals surface area contributed by atoms with Crippen LogP contribution >= 0.6 is 12.2 Å². The fourth-order valence-electron chi connectivity index (χ4n) is 3.37. The molecule has 0 bridgehead atoms. The van der Waals surface area contributed by atoms with Gasteiger partial charge in [-0.2, -0.15) is 0 Å². The molecular formula is C23H23N5OS. The molecule has 0 saturated heterocycles. The molecule has 0 atom stereocenters. The molecule has 4 aromatic rings. The van der Waals surface area contributed by atoms with Crippen molar-refractivity contribution < 1.29 is 4.79 Å². The molecule has 0 radical (unpaired) electrons. The van der Waals surface area contributed by atoms with E-state index in [-0.39, 0.29) is 11.0 Å². The van der Waals surface area contributed by atoms with E-state index in [1.807, 2.05) is 42.5 Å². The summed E-state index contributed by atoms with van der Waals surface area (Å²) in [7, 11) is 0. The highest BCUT2D eigenvalue weighted by molar-refractivity contribution is 7.80. The fraction of sp³-hybridized carbons (Fsp3) is 0.217. The monoisotopic (exact) mass is 417 g/mol. The summed E-state index contributed by atoms with van der Waals surface area (Å²) in [6, 6.07) is 19.9. The van der Waals surface area contributed by atoms with Crippen LogP contribution in [0.4, 0.5) is 5.69 Å². The molecule has 0 aliphatic rings. The highest BCUT2D eigenvalue weighted by Gasteiger charge is 2.10. The number of carbonyl (C=O) groups excluding carboxylic acids is 1. The van der Waals surface area contributed by atoms with Gasteiger partial charge in [-0.05, 0) is 48.3 Å². The van der Waals surface area contributed by atoms with Crippen molar-refractivity contribution in [2.45, 2.75) is 32.6 Å². The van der Waals surface area contributed by atoms with E-state index < -0.39 is 0 Å². The van der Waals surface area contributed by atoms with Gasteiger partial charge in [-0.3, -0.25) is 4.79 Å². The molecule has 2 N–H and O–H groups in total. The van der Waals surface area contributed by atoms with Crippen molar-refractivity contribution in [3.8, 4) is 5.69 Å². The lowest BCUT2D eigenvalue weighted by molar-refractivity contribution is -0.119. The van der Waals surface area contributed by atoms with Crippen LogP contribution in [0.1, 0.15) is 32.6 Å². The number of thiocarbonyl (C=S) groups is 1. The molecule has 0 aliphatic heterocycles. The first kappa shape index (κ1) is 20.0. The van der Waals surface area contributed by atoms with E-state index in [9.17, 15) is 4.79 Å². The largest absolute Gasteiger partial charge is 0.332 e. The number of unbranched alkanes of at least 4 members (excludes halogenated alkanes) is 2. The number of fused-ring (bicyclic) bond motifs is 2. The van der Waals surface area contributed by atoms with E-state index in [0.717, 1.165) is 52.4 Å². The summed E-state index contributed by atoms with van der Waals surface area (Å²) >= 11 is 5.26. The normalized spacial score (nSPS) is 11.0. The topological polar surface area (TPSA) is 71.8 Å². The minimum absolute atomic E-state index is 0.0658. The number of aromatic nitrogens is 3. The Balaban J connectivity index is 1.51. The average Bonchev–Trinajstić information content (AvgIpc) is 3.16. The fourth-order valence-corrected chi connectivity index (χ4v) is 3.60. The molecule has 1 aromatic heterocycles. The molecule has 0 unspecified atom stereocenters. The van der Waals surface area contributed by atoms with Gasteiger partial charge in [0.2, 0.25) is 5.91 Å². The Morgan fingerprint density at radius 3 is 2.67 bits per heavy atom. The highest BCUT2D eigenvalue weighted by atomic mass is 32.1. The number of nitrogens with one attached hydrogen (secondary N) is 2. The molecule has 0 fully saturated rings. The molecule has 30 heavy (non-hydrogen) atoms. The van der Waals surface area contributed by atoms with Crippen LogP contribution in [0.15, 0.2) is 60.7 Å². The number of hydrogen-bond donors (Lipinski definition) is 2. The minimum Gasteiger partial charge on any atom is -0.332 e. The maximum absolute atomic E-state index is 11.9. The van der Waals surface area contributed by atoms with Crippen molar-refractivity contribution in [3.63, 3.8) is 0 Å². The molecule has 152 valence electrons. The van der Waals surface area contributed by atoms with Gasteiger partial charge in [0, 0.05) is 17.5 Å². The van der Waals surface area contributed by atoms with Crippen molar-refractivity contribution >= 4 is 50.7 Å². The number of amides is 1. The lowest BCUT2D eigenvalue weighted by Crippen LogP contribution is -2.33. The van der Waals surface area contributed by atoms with Crippen molar-refractivity contribution in [3.05, 3.63) is 60.7 Å². The van der Waals surface area contributed by atoms with Gasteiger partial charge < -0.3 is 10.6 Å². The molecule has 1 amide bonds. The molecule has 0 saturated carbocycles. The van der Waals surface area contributed by atoms with Crippen molar-refractivity contribution in [1.29, 1.82) is 0 Å². The first-order valence-corrected chi connectivity index (χ1v) is 10.5. The van der Waals surface area contributed by atoms with E-state index in [1.54, 1.807) is 4.80 Å². The second kappa shape index (κ2) is 9.00. The van der Waals surface area contributed by atoms with Gasteiger partial charge in [0.25, 0.3) is 0 Å². The van der Waals surface area contributed by atoms with Gasteiger partial charge in [0.15, 0.2) is 5.11 Å².